The number of hydrogen-bond donors (Lipinski definition) is 1. The Bertz CT molecular complexity index is 338. The van der Waals surface area contributed by atoms with Crippen LogP contribution in [0, 0.1) is 0 Å². The number of halogens is 1. The van der Waals surface area contributed by atoms with Gasteiger partial charge in [-0.3, -0.25) is 4.79 Å². The highest BCUT2D eigenvalue weighted by molar-refractivity contribution is 9.10. The summed E-state index contributed by atoms with van der Waals surface area (Å²) in [5.41, 5.74) is 5.88. The zero-order chi connectivity index (χ0) is 12.0. The normalized spacial score (nSPS) is 12.4. The van der Waals surface area contributed by atoms with Gasteiger partial charge in [0.15, 0.2) is 4.67 Å². The van der Waals surface area contributed by atoms with Gasteiger partial charge < -0.3 is 14.9 Å². The number of carbonyl (C=O) groups is 1. The van der Waals surface area contributed by atoms with Gasteiger partial charge >= 0.3 is 5.97 Å². The van der Waals surface area contributed by atoms with Crippen molar-refractivity contribution in [3.8, 4) is 0 Å². The lowest BCUT2D eigenvalue weighted by Gasteiger charge is -2.08. The zero-order valence-electron chi connectivity index (χ0n) is 9.24. The highest BCUT2D eigenvalue weighted by Gasteiger charge is 2.10. The van der Waals surface area contributed by atoms with Gasteiger partial charge in [-0.25, -0.2) is 0 Å². The molecule has 1 rings (SSSR count). The SMILES string of the molecule is CCOC(=O)CCC(N)Cc1ccc(Br)o1. The molecule has 0 bridgehead atoms. The van der Waals surface area contributed by atoms with Crippen LogP contribution in [-0.4, -0.2) is 18.6 Å². The van der Waals surface area contributed by atoms with E-state index in [-0.39, 0.29) is 12.0 Å². The topological polar surface area (TPSA) is 65.5 Å². The molecule has 0 fully saturated rings. The minimum absolute atomic E-state index is 0.0811. The Balaban J connectivity index is 2.25. The molecule has 2 N–H and O–H groups in total. The summed E-state index contributed by atoms with van der Waals surface area (Å²) in [5.74, 6) is 0.627. The maximum atomic E-state index is 11.1. The van der Waals surface area contributed by atoms with E-state index in [1.54, 1.807) is 6.92 Å². The minimum atomic E-state index is -0.196. The number of carbonyl (C=O) groups excluding carboxylic acids is 1. The molecule has 0 spiro atoms. The van der Waals surface area contributed by atoms with E-state index in [1.165, 1.54) is 0 Å². The molecule has 0 radical (unpaired) electrons. The summed E-state index contributed by atoms with van der Waals surface area (Å²) >= 11 is 3.22. The molecule has 1 heterocycles. The lowest BCUT2D eigenvalue weighted by Crippen LogP contribution is -2.24. The number of esters is 1. The third kappa shape index (κ3) is 4.81. The molecular weight excluding hydrogens is 274 g/mol. The van der Waals surface area contributed by atoms with Gasteiger partial charge in [0.2, 0.25) is 0 Å². The van der Waals surface area contributed by atoms with Crippen molar-refractivity contribution >= 4 is 21.9 Å². The first kappa shape index (κ1) is 13.3. The number of hydrogen-bond acceptors (Lipinski definition) is 4. The van der Waals surface area contributed by atoms with Crippen LogP contribution in [0.2, 0.25) is 0 Å². The van der Waals surface area contributed by atoms with Crippen LogP contribution in [0.25, 0.3) is 0 Å². The molecular formula is C11H16BrNO3. The van der Waals surface area contributed by atoms with E-state index in [4.69, 9.17) is 14.9 Å². The first-order valence-electron chi connectivity index (χ1n) is 5.27. The second-order valence-corrected chi connectivity index (χ2v) is 4.30. The monoisotopic (exact) mass is 289 g/mol. The molecule has 0 aliphatic carbocycles. The van der Waals surface area contributed by atoms with Gasteiger partial charge in [0, 0.05) is 18.9 Å². The average Bonchev–Trinajstić information content (AvgIpc) is 2.61. The molecule has 0 aromatic carbocycles. The van der Waals surface area contributed by atoms with E-state index in [9.17, 15) is 4.79 Å². The molecule has 1 atom stereocenters. The zero-order valence-corrected chi connectivity index (χ0v) is 10.8. The maximum Gasteiger partial charge on any atom is 0.305 e. The van der Waals surface area contributed by atoms with Gasteiger partial charge in [-0.05, 0) is 41.4 Å². The molecule has 5 heteroatoms. The summed E-state index contributed by atoms with van der Waals surface area (Å²) < 4.78 is 10.8. The van der Waals surface area contributed by atoms with Crippen molar-refractivity contribution < 1.29 is 13.9 Å². The third-order valence-electron chi connectivity index (χ3n) is 2.12. The quantitative estimate of drug-likeness (QED) is 0.816. The Morgan fingerprint density at radius 1 is 1.62 bits per heavy atom. The molecule has 0 saturated heterocycles. The predicted octanol–water partition coefficient (Wildman–Crippen LogP) is 2.26. The number of rotatable bonds is 6. The summed E-state index contributed by atoms with van der Waals surface area (Å²) in [6.07, 6.45) is 1.60. The van der Waals surface area contributed by atoms with E-state index >= 15 is 0 Å². The highest BCUT2D eigenvalue weighted by atomic mass is 79.9. The smallest absolute Gasteiger partial charge is 0.305 e. The van der Waals surface area contributed by atoms with Crippen LogP contribution in [0.5, 0.6) is 0 Å². The molecule has 4 nitrogen and oxygen atoms in total. The fourth-order valence-electron chi connectivity index (χ4n) is 1.36. The van der Waals surface area contributed by atoms with Crippen LogP contribution < -0.4 is 5.73 Å². The Kier molecular flexibility index (Phi) is 5.55. The molecule has 0 amide bonds. The Labute approximate surface area is 103 Å². The second kappa shape index (κ2) is 6.70. The summed E-state index contributed by atoms with van der Waals surface area (Å²) in [7, 11) is 0. The van der Waals surface area contributed by atoms with Crippen molar-refractivity contribution in [2.24, 2.45) is 5.73 Å². The number of furan rings is 1. The highest BCUT2D eigenvalue weighted by Crippen LogP contribution is 2.16. The lowest BCUT2D eigenvalue weighted by atomic mass is 10.1. The van der Waals surface area contributed by atoms with Gasteiger partial charge in [-0.15, -0.1) is 0 Å². The van der Waals surface area contributed by atoms with E-state index in [0.29, 0.717) is 30.5 Å². The first-order chi connectivity index (χ1) is 7.61. The summed E-state index contributed by atoms with van der Waals surface area (Å²) in [5, 5.41) is 0. The molecule has 0 aliphatic rings. The Hall–Kier alpha value is -0.810. The van der Waals surface area contributed by atoms with Crippen LogP contribution in [-0.2, 0) is 16.0 Å². The summed E-state index contributed by atoms with van der Waals surface area (Å²) in [6, 6.07) is 3.62. The molecule has 1 unspecified atom stereocenters. The van der Waals surface area contributed by atoms with Gasteiger partial charge in [0.1, 0.15) is 5.76 Å². The number of nitrogens with two attached hydrogens (primary N) is 1. The summed E-state index contributed by atoms with van der Waals surface area (Å²) in [6.45, 7) is 2.21. The summed E-state index contributed by atoms with van der Waals surface area (Å²) in [4.78, 5) is 11.1. The van der Waals surface area contributed by atoms with Gasteiger partial charge in [0.25, 0.3) is 0 Å². The Morgan fingerprint density at radius 3 is 2.94 bits per heavy atom. The van der Waals surface area contributed by atoms with Crippen LogP contribution in [0.4, 0.5) is 0 Å². The second-order valence-electron chi connectivity index (χ2n) is 3.51. The molecule has 0 aliphatic heterocycles. The molecule has 1 aromatic rings. The minimum Gasteiger partial charge on any atom is -0.466 e. The van der Waals surface area contributed by atoms with Gasteiger partial charge in [-0.1, -0.05) is 0 Å². The van der Waals surface area contributed by atoms with Crippen molar-refractivity contribution in [2.75, 3.05) is 6.61 Å². The molecule has 0 saturated carbocycles. The van der Waals surface area contributed by atoms with Crippen molar-refractivity contribution in [2.45, 2.75) is 32.2 Å². The first-order valence-corrected chi connectivity index (χ1v) is 6.06. The van der Waals surface area contributed by atoms with Crippen LogP contribution >= 0.6 is 15.9 Å². The van der Waals surface area contributed by atoms with E-state index in [1.807, 2.05) is 12.1 Å². The van der Waals surface area contributed by atoms with Crippen molar-refractivity contribution in [1.29, 1.82) is 0 Å². The predicted molar refractivity (Wildman–Crippen MR) is 64.0 cm³/mol. The van der Waals surface area contributed by atoms with Gasteiger partial charge in [-0.2, -0.15) is 0 Å². The maximum absolute atomic E-state index is 11.1. The van der Waals surface area contributed by atoms with Gasteiger partial charge in [0.05, 0.1) is 6.61 Å². The molecule has 1 aromatic heterocycles. The van der Waals surface area contributed by atoms with Crippen LogP contribution in [0.3, 0.4) is 0 Å². The van der Waals surface area contributed by atoms with Crippen molar-refractivity contribution in [1.82, 2.24) is 0 Å². The van der Waals surface area contributed by atoms with E-state index in [2.05, 4.69) is 15.9 Å². The number of ether oxygens (including phenoxy) is 1. The van der Waals surface area contributed by atoms with Crippen molar-refractivity contribution in [3.63, 3.8) is 0 Å². The van der Waals surface area contributed by atoms with Crippen LogP contribution in [0.15, 0.2) is 21.2 Å². The van der Waals surface area contributed by atoms with Crippen LogP contribution in [0.1, 0.15) is 25.5 Å². The van der Waals surface area contributed by atoms with E-state index < -0.39 is 0 Å². The fraction of sp³-hybridized carbons (Fsp3) is 0.545. The molecule has 16 heavy (non-hydrogen) atoms. The Morgan fingerprint density at radius 2 is 2.38 bits per heavy atom. The fourth-order valence-corrected chi connectivity index (χ4v) is 1.70. The third-order valence-corrected chi connectivity index (χ3v) is 2.54. The van der Waals surface area contributed by atoms with Crippen molar-refractivity contribution in [3.05, 3.63) is 22.6 Å². The lowest BCUT2D eigenvalue weighted by molar-refractivity contribution is -0.143. The van der Waals surface area contributed by atoms with E-state index in [0.717, 1.165) is 5.76 Å². The standard InChI is InChI=1S/C11H16BrNO3/c1-2-15-11(14)6-3-8(13)7-9-4-5-10(12)16-9/h4-5,8H,2-3,6-7,13H2,1H3. The largest absolute Gasteiger partial charge is 0.466 e. The average molecular weight is 290 g/mol. The molecule has 90 valence electrons.